The van der Waals surface area contributed by atoms with Gasteiger partial charge in [0.05, 0.1) is 13.0 Å². The van der Waals surface area contributed by atoms with Crippen molar-refractivity contribution in [2.24, 2.45) is 5.92 Å². The molecule has 1 aliphatic carbocycles. The molecule has 1 saturated carbocycles. The molecule has 1 N–H and O–H groups in total. The summed E-state index contributed by atoms with van der Waals surface area (Å²) in [5.74, 6) is 2.24. The van der Waals surface area contributed by atoms with Crippen LogP contribution in [0.15, 0.2) is 60.8 Å². The SMILES string of the molecule is O=C(Cc1cc([C@@H]2CCCC[C@H]2COc2ccc3c(c2)OCO3)ccc1F)NCCc1ccccn1. The maximum atomic E-state index is 14.6. The maximum Gasteiger partial charge on any atom is 0.231 e. The molecule has 188 valence electrons. The van der Waals surface area contributed by atoms with E-state index >= 15 is 0 Å². The molecule has 0 radical (unpaired) electrons. The average molecular weight is 491 g/mol. The normalized spacial score (nSPS) is 18.6. The lowest BCUT2D eigenvalue weighted by Crippen LogP contribution is -2.28. The molecule has 2 heterocycles. The summed E-state index contributed by atoms with van der Waals surface area (Å²) in [6.07, 6.45) is 6.75. The van der Waals surface area contributed by atoms with Crippen LogP contribution < -0.4 is 19.5 Å². The highest BCUT2D eigenvalue weighted by molar-refractivity contribution is 5.78. The van der Waals surface area contributed by atoms with E-state index in [-0.39, 0.29) is 30.9 Å². The van der Waals surface area contributed by atoms with Gasteiger partial charge in [0.15, 0.2) is 11.5 Å². The largest absolute Gasteiger partial charge is 0.493 e. The van der Waals surface area contributed by atoms with Crippen molar-refractivity contribution in [3.63, 3.8) is 0 Å². The molecule has 36 heavy (non-hydrogen) atoms. The third-order valence-electron chi connectivity index (χ3n) is 7.00. The molecule has 5 rings (SSSR count). The van der Waals surface area contributed by atoms with E-state index < -0.39 is 0 Å². The number of halogens is 1. The number of nitrogens with one attached hydrogen (secondary N) is 1. The van der Waals surface area contributed by atoms with Gasteiger partial charge in [0.1, 0.15) is 11.6 Å². The molecule has 1 amide bonds. The summed E-state index contributed by atoms with van der Waals surface area (Å²) in [5, 5.41) is 2.89. The van der Waals surface area contributed by atoms with Gasteiger partial charge in [0.2, 0.25) is 12.7 Å². The summed E-state index contributed by atoms with van der Waals surface area (Å²) in [6.45, 7) is 1.28. The van der Waals surface area contributed by atoms with Crippen molar-refractivity contribution in [2.75, 3.05) is 19.9 Å². The molecule has 0 saturated heterocycles. The number of carbonyl (C=O) groups excluding carboxylic acids is 1. The van der Waals surface area contributed by atoms with Crippen molar-refractivity contribution in [3.05, 3.63) is 83.4 Å². The van der Waals surface area contributed by atoms with E-state index in [0.717, 1.165) is 48.4 Å². The first-order valence-electron chi connectivity index (χ1n) is 12.6. The summed E-state index contributed by atoms with van der Waals surface area (Å²) in [6, 6.07) is 16.6. The number of carbonyl (C=O) groups is 1. The second-order valence-corrected chi connectivity index (χ2v) is 9.43. The Balaban J connectivity index is 1.20. The van der Waals surface area contributed by atoms with Crippen molar-refractivity contribution in [3.8, 4) is 17.2 Å². The minimum absolute atomic E-state index is 0.0208. The standard InChI is InChI=1S/C29H31FN2O4/c30-26-10-8-20(15-22(26)16-29(33)32-14-12-23-6-3-4-13-31-23)25-7-2-1-5-21(25)18-34-24-9-11-27-28(17-24)36-19-35-27/h3-4,6,8-11,13,15,17,21,25H,1-2,5,7,12,14,16,18-19H2,(H,32,33)/t21-,25-/m0/s1. The Hall–Kier alpha value is -3.61. The number of benzene rings is 2. The Labute approximate surface area is 210 Å². The molecular weight excluding hydrogens is 459 g/mol. The average Bonchev–Trinajstić information content (AvgIpc) is 3.38. The smallest absolute Gasteiger partial charge is 0.231 e. The first-order valence-corrected chi connectivity index (χ1v) is 12.6. The molecule has 1 fully saturated rings. The zero-order chi connectivity index (χ0) is 24.7. The number of aromatic nitrogens is 1. The van der Waals surface area contributed by atoms with Crippen LogP contribution in [0.25, 0.3) is 0 Å². The Morgan fingerprint density at radius 2 is 1.94 bits per heavy atom. The fraction of sp³-hybridized carbons (Fsp3) is 0.379. The third-order valence-corrected chi connectivity index (χ3v) is 7.00. The van der Waals surface area contributed by atoms with E-state index in [9.17, 15) is 9.18 Å². The molecular formula is C29H31FN2O4. The van der Waals surface area contributed by atoms with Crippen LogP contribution in [-0.4, -0.2) is 30.8 Å². The summed E-state index contributed by atoms with van der Waals surface area (Å²) >= 11 is 0. The highest BCUT2D eigenvalue weighted by atomic mass is 19.1. The second-order valence-electron chi connectivity index (χ2n) is 9.43. The number of fused-ring (bicyclic) bond motifs is 1. The van der Waals surface area contributed by atoms with Gasteiger partial charge in [0.25, 0.3) is 0 Å². The van der Waals surface area contributed by atoms with Gasteiger partial charge in [-0.2, -0.15) is 0 Å². The van der Waals surface area contributed by atoms with E-state index in [4.69, 9.17) is 14.2 Å². The number of ether oxygens (including phenoxy) is 3. The van der Waals surface area contributed by atoms with Gasteiger partial charge < -0.3 is 19.5 Å². The van der Waals surface area contributed by atoms with Gasteiger partial charge in [-0.05, 0) is 66.1 Å². The maximum absolute atomic E-state index is 14.6. The van der Waals surface area contributed by atoms with Crippen LogP contribution in [0.5, 0.6) is 17.2 Å². The van der Waals surface area contributed by atoms with Crippen LogP contribution in [0.1, 0.15) is 48.4 Å². The number of pyridine rings is 1. The predicted octanol–water partition coefficient (Wildman–Crippen LogP) is 5.20. The molecule has 1 aromatic heterocycles. The Morgan fingerprint density at radius 1 is 1.06 bits per heavy atom. The second kappa shape index (κ2) is 11.4. The van der Waals surface area contributed by atoms with Crippen LogP contribution in [0, 0.1) is 11.7 Å². The van der Waals surface area contributed by atoms with E-state index in [0.29, 0.717) is 36.8 Å². The van der Waals surface area contributed by atoms with E-state index in [1.165, 1.54) is 6.07 Å². The number of hydrogen-bond donors (Lipinski definition) is 1. The van der Waals surface area contributed by atoms with Crippen LogP contribution >= 0.6 is 0 Å². The zero-order valence-corrected chi connectivity index (χ0v) is 20.3. The van der Waals surface area contributed by atoms with Gasteiger partial charge >= 0.3 is 0 Å². The lowest BCUT2D eigenvalue weighted by Gasteiger charge is -2.32. The van der Waals surface area contributed by atoms with Gasteiger partial charge in [0, 0.05) is 30.9 Å². The highest BCUT2D eigenvalue weighted by Crippen LogP contribution is 2.40. The predicted molar refractivity (Wildman–Crippen MR) is 134 cm³/mol. The zero-order valence-electron chi connectivity index (χ0n) is 20.3. The van der Waals surface area contributed by atoms with Crippen molar-refractivity contribution in [1.29, 1.82) is 0 Å². The molecule has 0 bridgehead atoms. The van der Waals surface area contributed by atoms with Crippen LogP contribution in [0.4, 0.5) is 4.39 Å². The molecule has 3 aromatic rings. The summed E-state index contributed by atoms with van der Waals surface area (Å²) in [7, 11) is 0. The minimum atomic E-state index is -0.345. The Morgan fingerprint density at radius 3 is 2.83 bits per heavy atom. The van der Waals surface area contributed by atoms with Crippen molar-refractivity contribution in [2.45, 2.75) is 44.4 Å². The summed E-state index contributed by atoms with van der Waals surface area (Å²) < 4.78 is 31.6. The number of nitrogens with zero attached hydrogens (tertiary/aromatic N) is 1. The molecule has 0 unspecified atom stereocenters. The highest BCUT2D eigenvalue weighted by Gasteiger charge is 2.28. The number of hydrogen-bond acceptors (Lipinski definition) is 5. The molecule has 7 heteroatoms. The van der Waals surface area contributed by atoms with Crippen LogP contribution in [0.2, 0.25) is 0 Å². The topological polar surface area (TPSA) is 69.7 Å². The van der Waals surface area contributed by atoms with Crippen molar-refractivity contribution < 1.29 is 23.4 Å². The van der Waals surface area contributed by atoms with Crippen LogP contribution in [-0.2, 0) is 17.6 Å². The van der Waals surface area contributed by atoms with Gasteiger partial charge in [-0.3, -0.25) is 9.78 Å². The van der Waals surface area contributed by atoms with Gasteiger partial charge in [-0.15, -0.1) is 0 Å². The monoisotopic (exact) mass is 490 g/mol. The summed E-state index contributed by atoms with van der Waals surface area (Å²) in [4.78, 5) is 16.8. The minimum Gasteiger partial charge on any atom is -0.493 e. The molecule has 1 aliphatic heterocycles. The van der Waals surface area contributed by atoms with Crippen molar-refractivity contribution >= 4 is 5.91 Å². The quantitative estimate of drug-likeness (QED) is 0.446. The van der Waals surface area contributed by atoms with E-state index in [1.807, 2.05) is 48.5 Å². The Bertz CT molecular complexity index is 1190. The molecule has 2 aromatic carbocycles. The fourth-order valence-electron chi connectivity index (χ4n) is 5.09. The fourth-order valence-corrected chi connectivity index (χ4v) is 5.09. The first-order chi connectivity index (χ1) is 17.7. The van der Waals surface area contributed by atoms with Gasteiger partial charge in [-0.1, -0.05) is 31.0 Å². The molecule has 2 aliphatic rings. The number of rotatable bonds is 9. The molecule has 2 atom stereocenters. The van der Waals surface area contributed by atoms with Crippen LogP contribution in [0.3, 0.4) is 0 Å². The van der Waals surface area contributed by atoms with E-state index in [2.05, 4.69) is 10.3 Å². The molecule has 6 nitrogen and oxygen atoms in total. The van der Waals surface area contributed by atoms with E-state index in [1.54, 1.807) is 6.20 Å². The first kappa shape index (κ1) is 24.1. The lowest BCUT2D eigenvalue weighted by molar-refractivity contribution is -0.120. The number of amides is 1. The summed E-state index contributed by atoms with van der Waals surface area (Å²) in [5.41, 5.74) is 2.42. The molecule has 0 spiro atoms. The Kier molecular flexibility index (Phi) is 7.64. The third kappa shape index (κ3) is 5.96. The van der Waals surface area contributed by atoms with Crippen molar-refractivity contribution in [1.82, 2.24) is 10.3 Å². The van der Waals surface area contributed by atoms with Gasteiger partial charge in [-0.25, -0.2) is 4.39 Å². The lowest BCUT2D eigenvalue weighted by atomic mass is 9.75.